The average Bonchev–Trinajstić information content (AvgIpc) is 2.45. The number of hydrazone groups is 1. The molecule has 7 heteroatoms. The third kappa shape index (κ3) is 4.77. The molecule has 0 aromatic heterocycles. The van der Waals surface area contributed by atoms with E-state index in [-0.39, 0.29) is 18.1 Å². The number of carbonyl (C=O) groups is 1. The highest BCUT2D eigenvalue weighted by molar-refractivity contribution is 5.86. The van der Waals surface area contributed by atoms with Gasteiger partial charge in [-0.25, -0.2) is 5.43 Å². The van der Waals surface area contributed by atoms with Crippen LogP contribution in [0.5, 0.6) is 0 Å². The van der Waals surface area contributed by atoms with Crippen LogP contribution in [0.4, 0.5) is 5.69 Å². The number of nitrogens with zero attached hydrogens (tertiary/aromatic N) is 3. The van der Waals surface area contributed by atoms with Gasteiger partial charge < -0.3 is 0 Å². The number of rotatable bonds is 7. The van der Waals surface area contributed by atoms with Crippen LogP contribution < -0.4 is 5.43 Å². The van der Waals surface area contributed by atoms with E-state index < -0.39 is 4.92 Å². The lowest BCUT2D eigenvalue weighted by atomic mass is 10.2. The molecule has 7 nitrogen and oxygen atoms in total. The molecule has 0 aliphatic heterocycles. The topological polar surface area (TPSA) is 87.8 Å². The molecule has 20 heavy (non-hydrogen) atoms. The molecule has 108 valence electrons. The van der Waals surface area contributed by atoms with Crippen LogP contribution in [0.15, 0.2) is 29.4 Å². The molecular formula is C13H18N4O3. The van der Waals surface area contributed by atoms with Crippen LogP contribution in [0.25, 0.3) is 0 Å². The Bertz CT molecular complexity index is 498. The number of likely N-dealkylation sites (N-methyl/N-ethyl adjacent to an activating group) is 1. The Morgan fingerprint density at radius 3 is 2.65 bits per heavy atom. The number of benzene rings is 1. The Hall–Kier alpha value is -2.28. The molecule has 1 aromatic rings. The third-order valence-electron chi connectivity index (χ3n) is 2.79. The lowest BCUT2D eigenvalue weighted by Gasteiger charge is -2.15. The van der Waals surface area contributed by atoms with Gasteiger partial charge in [-0.2, -0.15) is 5.10 Å². The first kappa shape index (κ1) is 15.8. The fourth-order valence-corrected chi connectivity index (χ4v) is 1.62. The van der Waals surface area contributed by atoms with Crippen LogP contribution in [0, 0.1) is 10.1 Å². The monoisotopic (exact) mass is 278 g/mol. The summed E-state index contributed by atoms with van der Waals surface area (Å²) < 4.78 is 0. The maximum atomic E-state index is 11.6. The van der Waals surface area contributed by atoms with Crippen molar-refractivity contribution in [1.82, 2.24) is 10.3 Å². The first-order valence-corrected chi connectivity index (χ1v) is 6.36. The molecule has 1 aromatic carbocycles. The molecular weight excluding hydrogens is 260 g/mol. The summed E-state index contributed by atoms with van der Waals surface area (Å²) in [4.78, 5) is 23.8. The number of hydrogen-bond donors (Lipinski definition) is 1. The lowest BCUT2D eigenvalue weighted by molar-refractivity contribution is -0.385. The summed E-state index contributed by atoms with van der Waals surface area (Å²) in [6.07, 6.45) is 1.28. The van der Waals surface area contributed by atoms with Gasteiger partial charge in [0, 0.05) is 6.07 Å². The van der Waals surface area contributed by atoms with Crippen LogP contribution in [0.3, 0.4) is 0 Å². The van der Waals surface area contributed by atoms with Crippen molar-refractivity contribution in [3.63, 3.8) is 0 Å². The van der Waals surface area contributed by atoms with Gasteiger partial charge in [-0.1, -0.05) is 26.0 Å². The maximum absolute atomic E-state index is 11.6. The highest BCUT2D eigenvalue weighted by atomic mass is 16.6. The minimum Gasteiger partial charge on any atom is -0.295 e. The molecule has 0 unspecified atom stereocenters. The summed E-state index contributed by atoms with van der Waals surface area (Å²) >= 11 is 0. The second-order valence-corrected chi connectivity index (χ2v) is 4.07. The standard InChI is InChI=1S/C13H18N4O3/c1-3-16(4-2)10-13(18)15-14-9-11-7-5-6-8-12(11)17(19)20/h5-9H,3-4,10H2,1-2H3,(H,15,18)/b14-9-. The number of nitro groups is 1. The Labute approximate surface area is 117 Å². The van der Waals surface area contributed by atoms with E-state index in [4.69, 9.17) is 0 Å². The largest absolute Gasteiger partial charge is 0.295 e. The van der Waals surface area contributed by atoms with Crippen molar-refractivity contribution in [1.29, 1.82) is 0 Å². The van der Waals surface area contributed by atoms with Gasteiger partial charge in [0.2, 0.25) is 0 Å². The lowest BCUT2D eigenvalue weighted by Crippen LogP contribution is -2.35. The van der Waals surface area contributed by atoms with E-state index >= 15 is 0 Å². The SMILES string of the molecule is CCN(CC)CC(=O)N/N=C\c1ccccc1[N+](=O)[O-]. The molecule has 0 aliphatic carbocycles. The summed E-state index contributed by atoms with van der Waals surface area (Å²) in [5, 5.41) is 14.5. The Kier molecular flexibility index (Phi) is 6.31. The Morgan fingerprint density at radius 2 is 2.05 bits per heavy atom. The van der Waals surface area contributed by atoms with E-state index in [9.17, 15) is 14.9 Å². The molecule has 1 amide bonds. The van der Waals surface area contributed by atoms with E-state index in [1.807, 2.05) is 18.7 Å². The zero-order chi connectivity index (χ0) is 15.0. The van der Waals surface area contributed by atoms with Crippen LogP contribution in [0.2, 0.25) is 0 Å². The number of hydrogen-bond acceptors (Lipinski definition) is 5. The fraction of sp³-hybridized carbons (Fsp3) is 0.385. The molecule has 0 aliphatic rings. The molecule has 0 spiro atoms. The van der Waals surface area contributed by atoms with Gasteiger partial charge >= 0.3 is 0 Å². The number of amides is 1. The predicted octanol–water partition coefficient (Wildman–Crippen LogP) is 1.39. The molecule has 0 saturated carbocycles. The van der Waals surface area contributed by atoms with Crippen molar-refractivity contribution >= 4 is 17.8 Å². The van der Waals surface area contributed by atoms with Gasteiger partial charge in [0.1, 0.15) is 0 Å². The minimum absolute atomic E-state index is 0.0470. The molecule has 0 fully saturated rings. The third-order valence-corrected chi connectivity index (χ3v) is 2.79. The fourth-order valence-electron chi connectivity index (χ4n) is 1.62. The Balaban J connectivity index is 2.61. The van der Waals surface area contributed by atoms with Gasteiger partial charge in [0.15, 0.2) is 0 Å². The number of para-hydroxylation sites is 1. The van der Waals surface area contributed by atoms with E-state index in [1.165, 1.54) is 12.3 Å². The van der Waals surface area contributed by atoms with E-state index in [0.717, 1.165) is 13.1 Å². The second-order valence-electron chi connectivity index (χ2n) is 4.07. The maximum Gasteiger partial charge on any atom is 0.278 e. The van der Waals surface area contributed by atoms with Crippen molar-refractivity contribution in [3.05, 3.63) is 39.9 Å². The van der Waals surface area contributed by atoms with Gasteiger partial charge in [0.25, 0.3) is 11.6 Å². The van der Waals surface area contributed by atoms with E-state index in [2.05, 4.69) is 10.5 Å². The van der Waals surface area contributed by atoms with E-state index in [1.54, 1.807) is 18.2 Å². The number of nitro benzene ring substituents is 1. The minimum atomic E-state index is -0.487. The van der Waals surface area contributed by atoms with Gasteiger partial charge in [-0.15, -0.1) is 0 Å². The zero-order valence-electron chi connectivity index (χ0n) is 11.6. The number of carbonyl (C=O) groups excluding carboxylic acids is 1. The van der Waals surface area contributed by atoms with Crippen LogP contribution in [0.1, 0.15) is 19.4 Å². The summed E-state index contributed by atoms with van der Waals surface area (Å²) in [6, 6.07) is 6.21. The quantitative estimate of drug-likeness (QED) is 0.464. The summed E-state index contributed by atoms with van der Waals surface area (Å²) in [6.45, 7) is 5.73. The van der Waals surface area contributed by atoms with Gasteiger partial charge in [-0.05, 0) is 19.2 Å². The van der Waals surface area contributed by atoms with E-state index in [0.29, 0.717) is 5.56 Å². The first-order chi connectivity index (χ1) is 9.58. The van der Waals surface area contributed by atoms with Crippen LogP contribution >= 0.6 is 0 Å². The summed E-state index contributed by atoms with van der Waals surface area (Å²) in [5.74, 6) is -0.247. The Morgan fingerprint density at radius 1 is 1.40 bits per heavy atom. The molecule has 1 rings (SSSR count). The molecule has 0 atom stereocenters. The molecule has 0 saturated heterocycles. The molecule has 1 N–H and O–H groups in total. The second kappa shape index (κ2) is 8.00. The first-order valence-electron chi connectivity index (χ1n) is 6.36. The van der Waals surface area contributed by atoms with Crippen molar-refractivity contribution in [2.75, 3.05) is 19.6 Å². The average molecular weight is 278 g/mol. The normalized spacial score (nSPS) is 10.9. The van der Waals surface area contributed by atoms with Crippen LogP contribution in [-0.2, 0) is 4.79 Å². The van der Waals surface area contributed by atoms with Gasteiger partial charge in [-0.3, -0.25) is 19.8 Å². The smallest absolute Gasteiger partial charge is 0.278 e. The summed E-state index contributed by atoms with van der Waals surface area (Å²) in [7, 11) is 0. The van der Waals surface area contributed by atoms with Gasteiger partial charge in [0.05, 0.1) is 23.2 Å². The van der Waals surface area contributed by atoms with Crippen molar-refractivity contribution in [2.45, 2.75) is 13.8 Å². The zero-order valence-corrected chi connectivity index (χ0v) is 11.6. The van der Waals surface area contributed by atoms with Crippen molar-refractivity contribution in [2.24, 2.45) is 5.10 Å². The highest BCUT2D eigenvalue weighted by Gasteiger charge is 2.10. The van der Waals surface area contributed by atoms with Crippen molar-refractivity contribution in [3.8, 4) is 0 Å². The molecule has 0 bridgehead atoms. The molecule has 0 heterocycles. The van der Waals surface area contributed by atoms with Crippen molar-refractivity contribution < 1.29 is 9.72 Å². The van der Waals surface area contributed by atoms with Crippen LogP contribution in [-0.4, -0.2) is 41.6 Å². The number of nitrogens with one attached hydrogen (secondary N) is 1. The summed E-state index contributed by atoms with van der Waals surface area (Å²) in [5.41, 5.74) is 2.66. The highest BCUT2D eigenvalue weighted by Crippen LogP contribution is 2.14. The molecule has 0 radical (unpaired) electrons. The predicted molar refractivity (Wildman–Crippen MR) is 76.6 cm³/mol.